The van der Waals surface area contributed by atoms with Crippen molar-refractivity contribution in [2.24, 2.45) is 0 Å². The van der Waals surface area contributed by atoms with Gasteiger partial charge in [-0.2, -0.15) is 4.98 Å². The molecule has 1 saturated carbocycles. The van der Waals surface area contributed by atoms with Crippen molar-refractivity contribution in [3.8, 4) is 0 Å². The van der Waals surface area contributed by atoms with Crippen LogP contribution >= 0.6 is 0 Å². The highest BCUT2D eigenvalue weighted by Crippen LogP contribution is 2.37. The summed E-state index contributed by atoms with van der Waals surface area (Å²) < 4.78 is 54.6. The minimum absolute atomic E-state index is 0.150. The highest BCUT2D eigenvalue weighted by atomic mass is 19.3. The molecule has 0 aliphatic heterocycles. The second-order valence-corrected chi connectivity index (χ2v) is 7.06. The quantitative estimate of drug-likeness (QED) is 0.643. The monoisotopic (exact) mass is 408 g/mol. The van der Waals surface area contributed by atoms with Gasteiger partial charge >= 0.3 is 5.69 Å². The van der Waals surface area contributed by atoms with Gasteiger partial charge in [0.2, 0.25) is 5.92 Å². The van der Waals surface area contributed by atoms with Crippen molar-refractivity contribution in [2.75, 3.05) is 5.32 Å². The summed E-state index contributed by atoms with van der Waals surface area (Å²) in [6.07, 6.45) is 2.43. The number of carbonyl (C=O) groups excluding carboxylic acids is 1. The Kier molecular flexibility index (Phi) is 4.64. The lowest BCUT2D eigenvalue weighted by Gasteiger charge is -2.29. The molecule has 2 aromatic heterocycles. The second-order valence-electron chi connectivity index (χ2n) is 7.06. The first kappa shape index (κ1) is 19.2. The third-order valence-corrected chi connectivity index (χ3v) is 5.11. The number of nitrogens with zero attached hydrogens (tertiary/aromatic N) is 2. The molecule has 10 heteroatoms. The van der Waals surface area contributed by atoms with E-state index in [1.54, 1.807) is 0 Å². The molecule has 0 radical (unpaired) electrons. The van der Waals surface area contributed by atoms with Crippen molar-refractivity contribution in [1.29, 1.82) is 0 Å². The number of anilines is 1. The number of nitrogens with one attached hydrogen (secondary N) is 2. The molecule has 1 aliphatic rings. The van der Waals surface area contributed by atoms with Gasteiger partial charge in [-0.05, 0) is 25.0 Å². The maximum atomic E-state index is 13.5. The summed E-state index contributed by atoms with van der Waals surface area (Å²) in [5, 5.41) is 2.75. The standard InChI is InChI=1S/C19H16F4N4O2/c20-12-7-11-15(8-13(12)21)24-9-16(11)25-17(28)14-3-6-27(18(29)26-14)10-1-4-19(22,23)5-2-10/h3,6-10,24H,1-2,4-5H2,(H,25,28). The lowest BCUT2D eigenvalue weighted by Crippen LogP contribution is -2.33. The minimum Gasteiger partial charge on any atom is -0.359 e. The molecule has 152 valence electrons. The van der Waals surface area contributed by atoms with E-state index in [0.717, 1.165) is 12.1 Å². The molecular formula is C19H16F4N4O2. The van der Waals surface area contributed by atoms with Crippen molar-refractivity contribution in [3.05, 3.63) is 58.4 Å². The maximum Gasteiger partial charge on any atom is 0.348 e. The van der Waals surface area contributed by atoms with E-state index in [2.05, 4.69) is 15.3 Å². The number of alkyl halides is 2. The van der Waals surface area contributed by atoms with E-state index in [4.69, 9.17) is 0 Å². The number of H-pyrrole nitrogens is 1. The summed E-state index contributed by atoms with van der Waals surface area (Å²) in [5.41, 5.74) is -0.398. The van der Waals surface area contributed by atoms with Crippen LogP contribution in [0.5, 0.6) is 0 Å². The SMILES string of the molecule is O=C(Nc1c[nH]c2cc(F)c(F)cc12)c1ccn(C2CCC(F)(F)CC2)c(=O)n1. The lowest BCUT2D eigenvalue weighted by atomic mass is 9.92. The number of hydrogen-bond acceptors (Lipinski definition) is 3. The molecule has 0 bridgehead atoms. The van der Waals surface area contributed by atoms with Crippen LogP contribution in [-0.2, 0) is 0 Å². The summed E-state index contributed by atoms with van der Waals surface area (Å²) in [6.45, 7) is 0. The van der Waals surface area contributed by atoms with Crippen LogP contribution in [0.3, 0.4) is 0 Å². The molecular weight excluding hydrogens is 392 g/mol. The van der Waals surface area contributed by atoms with Crippen LogP contribution in [-0.4, -0.2) is 26.4 Å². The van der Waals surface area contributed by atoms with Crippen molar-refractivity contribution >= 4 is 22.5 Å². The van der Waals surface area contributed by atoms with Crippen LogP contribution in [0.2, 0.25) is 0 Å². The van der Waals surface area contributed by atoms with Gasteiger partial charge in [-0.1, -0.05) is 0 Å². The van der Waals surface area contributed by atoms with Crippen molar-refractivity contribution in [1.82, 2.24) is 14.5 Å². The van der Waals surface area contributed by atoms with Gasteiger partial charge in [0.1, 0.15) is 5.69 Å². The summed E-state index contributed by atoms with van der Waals surface area (Å²) >= 11 is 0. The zero-order valence-electron chi connectivity index (χ0n) is 15.0. The fourth-order valence-electron chi connectivity index (χ4n) is 3.53. The number of hydrogen-bond donors (Lipinski definition) is 2. The first-order valence-electron chi connectivity index (χ1n) is 8.98. The number of amides is 1. The van der Waals surface area contributed by atoms with Crippen LogP contribution in [0.1, 0.15) is 42.2 Å². The average Bonchev–Trinajstić information content (AvgIpc) is 3.04. The van der Waals surface area contributed by atoms with Gasteiger partial charge in [0.25, 0.3) is 5.91 Å². The van der Waals surface area contributed by atoms with Crippen LogP contribution in [0, 0.1) is 11.6 Å². The van der Waals surface area contributed by atoms with Gasteiger partial charge < -0.3 is 10.3 Å². The smallest absolute Gasteiger partial charge is 0.348 e. The Morgan fingerprint density at radius 3 is 2.59 bits per heavy atom. The molecule has 0 unspecified atom stereocenters. The fourth-order valence-corrected chi connectivity index (χ4v) is 3.53. The molecule has 3 aromatic rings. The Hall–Kier alpha value is -3.17. The summed E-state index contributed by atoms with van der Waals surface area (Å²) in [5.74, 6) is -5.51. The topological polar surface area (TPSA) is 79.8 Å². The van der Waals surface area contributed by atoms with Crippen LogP contribution < -0.4 is 11.0 Å². The summed E-state index contributed by atoms with van der Waals surface area (Å²) in [6, 6.07) is 2.84. The van der Waals surface area contributed by atoms with E-state index in [1.807, 2.05) is 0 Å². The Balaban J connectivity index is 1.53. The predicted octanol–water partition coefficient (Wildman–Crippen LogP) is 4.01. The third-order valence-electron chi connectivity index (χ3n) is 5.11. The lowest BCUT2D eigenvalue weighted by molar-refractivity contribution is -0.0443. The molecule has 1 amide bonds. The minimum atomic E-state index is -2.71. The summed E-state index contributed by atoms with van der Waals surface area (Å²) in [7, 11) is 0. The normalized spacial score (nSPS) is 16.8. The van der Waals surface area contributed by atoms with Gasteiger partial charge in [0, 0.05) is 42.7 Å². The predicted molar refractivity (Wildman–Crippen MR) is 97.1 cm³/mol. The first-order chi connectivity index (χ1) is 13.7. The molecule has 2 heterocycles. The fraction of sp³-hybridized carbons (Fsp3) is 0.316. The van der Waals surface area contributed by atoms with Gasteiger partial charge in [-0.25, -0.2) is 22.4 Å². The number of rotatable bonds is 3. The van der Waals surface area contributed by atoms with E-state index < -0.39 is 35.2 Å². The molecule has 2 N–H and O–H groups in total. The number of aromatic amines is 1. The molecule has 6 nitrogen and oxygen atoms in total. The second kappa shape index (κ2) is 7.02. The van der Waals surface area contributed by atoms with Gasteiger partial charge in [0.15, 0.2) is 11.6 Å². The molecule has 0 atom stereocenters. The molecule has 4 rings (SSSR count). The van der Waals surface area contributed by atoms with E-state index in [1.165, 1.54) is 23.0 Å². The highest BCUT2D eigenvalue weighted by molar-refractivity contribution is 6.08. The van der Waals surface area contributed by atoms with Gasteiger partial charge in [-0.15, -0.1) is 0 Å². The van der Waals surface area contributed by atoms with E-state index >= 15 is 0 Å². The van der Waals surface area contributed by atoms with Crippen LogP contribution in [0.25, 0.3) is 10.9 Å². The Labute approximate surface area is 161 Å². The van der Waals surface area contributed by atoms with Gasteiger partial charge in [0.05, 0.1) is 11.2 Å². The Morgan fingerprint density at radius 2 is 1.90 bits per heavy atom. The highest BCUT2D eigenvalue weighted by Gasteiger charge is 2.35. The largest absolute Gasteiger partial charge is 0.359 e. The molecule has 1 aliphatic carbocycles. The first-order valence-corrected chi connectivity index (χ1v) is 8.98. The van der Waals surface area contributed by atoms with Crippen molar-refractivity contribution in [3.63, 3.8) is 0 Å². The van der Waals surface area contributed by atoms with Crippen LogP contribution in [0.4, 0.5) is 23.2 Å². The summed E-state index contributed by atoms with van der Waals surface area (Å²) in [4.78, 5) is 31.2. The Morgan fingerprint density at radius 1 is 1.21 bits per heavy atom. The zero-order valence-corrected chi connectivity index (χ0v) is 15.0. The number of halogens is 4. The van der Waals surface area contributed by atoms with Crippen LogP contribution in [0.15, 0.2) is 35.4 Å². The van der Waals surface area contributed by atoms with Gasteiger partial charge in [-0.3, -0.25) is 9.36 Å². The van der Waals surface area contributed by atoms with E-state index in [-0.39, 0.29) is 48.0 Å². The average molecular weight is 408 g/mol. The maximum absolute atomic E-state index is 13.5. The molecule has 29 heavy (non-hydrogen) atoms. The molecule has 0 spiro atoms. The van der Waals surface area contributed by atoms with Crippen molar-refractivity contribution in [2.45, 2.75) is 37.6 Å². The molecule has 0 saturated heterocycles. The van der Waals surface area contributed by atoms with E-state index in [9.17, 15) is 27.2 Å². The third kappa shape index (κ3) is 3.74. The number of fused-ring (bicyclic) bond motifs is 1. The zero-order chi connectivity index (χ0) is 20.8. The van der Waals surface area contributed by atoms with E-state index in [0.29, 0.717) is 0 Å². The Bertz CT molecular complexity index is 1140. The molecule has 1 fully saturated rings. The number of aromatic nitrogens is 3. The number of benzene rings is 1. The number of carbonyl (C=O) groups is 1. The molecule has 1 aromatic carbocycles. The van der Waals surface area contributed by atoms with Crippen molar-refractivity contribution < 1.29 is 22.4 Å².